The Morgan fingerprint density at radius 2 is 2.33 bits per heavy atom. The summed E-state index contributed by atoms with van der Waals surface area (Å²) < 4.78 is 0. The van der Waals surface area contributed by atoms with E-state index < -0.39 is 0 Å². The Labute approximate surface area is 112 Å². The fourth-order valence-electron chi connectivity index (χ4n) is 2.03. The van der Waals surface area contributed by atoms with Crippen molar-refractivity contribution < 1.29 is 9.90 Å². The molecule has 0 aliphatic carbocycles. The predicted octanol–water partition coefficient (Wildman–Crippen LogP) is 2.72. The molecule has 1 unspecified atom stereocenters. The van der Waals surface area contributed by atoms with Crippen LogP contribution < -0.4 is 5.32 Å². The topological polar surface area (TPSA) is 49.3 Å². The largest absolute Gasteiger partial charge is 0.508 e. The number of phenolic OH excluding ortho intramolecular Hbond substituents is 1. The average molecular weight is 265 g/mol. The van der Waals surface area contributed by atoms with Crippen molar-refractivity contribution in [2.45, 2.75) is 31.4 Å². The minimum atomic E-state index is -0.100. The highest BCUT2D eigenvalue weighted by atomic mass is 32.2. The maximum atomic E-state index is 11.9. The van der Waals surface area contributed by atoms with Crippen LogP contribution in [0.25, 0.3) is 0 Å². The van der Waals surface area contributed by atoms with Crippen LogP contribution in [0.5, 0.6) is 5.75 Å². The molecule has 2 rings (SSSR count). The van der Waals surface area contributed by atoms with E-state index in [-0.39, 0.29) is 11.7 Å². The van der Waals surface area contributed by atoms with E-state index in [0.29, 0.717) is 10.8 Å². The van der Waals surface area contributed by atoms with Crippen LogP contribution in [0.2, 0.25) is 0 Å². The maximum absolute atomic E-state index is 11.9. The molecule has 18 heavy (non-hydrogen) atoms. The molecule has 1 saturated heterocycles. The Balaban J connectivity index is 1.88. The summed E-state index contributed by atoms with van der Waals surface area (Å²) >= 11 is 1.94. The van der Waals surface area contributed by atoms with E-state index in [9.17, 15) is 9.90 Å². The number of thioether (sulfide) groups is 1. The second kappa shape index (κ2) is 6.14. The summed E-state index contributed by atoms with van der Waals surface area (Å²) in [7, 11) is 0. The molecule has 1 atom stereocenters. The summed E-state index contributed by atoms with van der Waals surface area (Å²) in [6.45, 7) is 2.54. The zero-order valence-electron chi connectivity index (χ0n) is 10.6. The summed E-state index contributed by atoms with van der Waals surface area (Å²) in [6, 6.07) is 5.04. The Kier molecular flexibility index (Phi) is 4.53. The highest BCUT2D eigenvalue weighted by molar-refractivity contribution is 7.99. The lowest BCUT2D eigenvalue weighted by molar-refractivity contribution is 0.0953. The number of phenols is 1. The Hall–Kier alpha value is -1.16. The molecule has 1 aromatic rings. The number of carbonyl (C=O) groups excluding carboxylic acids is 1. The van der Waals surface area contributed by atoms with Gasteiger partial charge in [-0.1, -0.05) is 12.5 Å². The minimum Gasteiger partial charge on any atom is -0.508 e. The maximum Gasteiger partial charge on any atom is 0.251 e. The third-order valence-corrected chi connectivity index (χ3v) is 4.63. The molecule has 0 aromatic heterocycles. The van der Waals surface area contributed by atoms with Gasteiger partial charge in [-0.2, -0.15) is 11.8 Å². The first kappa shape index (κ1) is 13.3. The van der Waals surface area contributed by atoms with Crippen molar-refractivity contribution in [3.05, 3.63) is 29.3 Å². The first-order valence-electron chi connectivity index (χ1n) is 6.36. The van der Waals surface area contributed by atoms with Gasteiger partial charge in [0, 0.05) is 17.4 Å². The van der Waals surface area contributed by atoms with Crippen molar-refractivity contribution in [2.24, 2.45) is 0 Å². The van der Waals surface area contributed by atoms with Crippen LogP contribution in [-0.2, 0) is 0 Å². The van der Waals surface area contributed by atoms with E-state index in [1.165, 1.54) is 31.1 Å². The zero-order valence-corrected chi connectivity index (χ0v) is 11.4. The Morgan fingerprint density at radius 3 is 3.00 bits per heavy atom. The average Bonchev–Trinajstić information content (AvgIpc) is 2.40. The van der Waals surface area contributed by atoms with E-state index in [0.717, 1.165) is 12.1 Å². The third kappa shape index (κ3) is 3.42. The molecule has 1 aliphatic rings. The third-order valence-electron chi connectivity index (χ3n) is 3.24. The Bertz CT molecular complexity index is 428. The molecular weight excluding hydrogens is 246 g/mol. The van der Waals surface area contributed by atoms with Gasteiger partial charge in [0.2, 0.25) is 0 Å². The van der Waals surface area contributed by atoms with Crippen LogP contribution in [0.3, 0.4) is 0 Å². The number of carbonyl (C=O) groups is 1. The number of nitrogens with one attached hydrogen (secondary N) is 1. The standard InChI is InChI=1S/C14H19NO2S/c1-10-5-6-11(8-13(10)16)14(17)15-9-12-4-2-3-7-18-12/h5-6,8,12,16H,2-4,7,9H2,1H3,(H,15,17). The zero-order chi connectivity index (χ0) is 13.0. The van der Waals surface area contributed by atoms with Gasteiger partial charge < -0.3 is 10.4 Å². The number of rotatable bonds is 3. The van der Waals surface area contributed by atoms with Crippen molar-refractivity contribution in [1.29, 1.82) is 0 Å². The summed E-state index contributed by atoms with van der Waals surface area (Å²) in [5.74, 6) is 1.28. The SMILES string of the molecule is Cc1ccc(C(=O)NCC2CCCCS2)cc1O. The van der Waals surface area contributed by atoms with E-state index in [1.54, 1.807) is 12.1 Å². The van der Waals surface area contributed by atoms with Crippen molar-refractivity contribution in [2.75, 3.05) is 12.3 Å². The molecule has 4 heteroatoms. The second-order valence-electron chi connectivity index (χ2n) is 4.70. The van der Waals surface area contributed by atoms with E-state index in [2.05, 4.69) is 5.32 Å². The molecule has 1 aromatic carbocycles. The Morgan fingerprint density at radius 1 is 1.50 bits per heavy atom. The molecule has 3 nitrogen and oxygen atoms in total. The number of amides is 1. The van der Waals surface area contributed by atoms with Gasteiger partial charge in [0.1, 0.15) is 5.75 Å². The number of aromatic hydroxyl groups is 1. The van der Waals surface area contributed by atoms with Gasteiger partial charge in [0.25, 0.3) is 5.91 Å². The molecule has 1 aliphatic heterocycles. The lowest BCUT2D eigenvalue weighted by Gasteiger charge is -2.21. The molecular formula is C14H19NO2S. The molecule has 1 amide bonds. The number of hydrogen-bond acceptors (Lipinski definition) is 3. The lowest BCUT2D eigenvalue weighted by Crippen LogP contribution is -2.31. The van der Waals surface area contributed by atoms with Crippen LogP contribution in [0.15, 0.2) is 18.2 Å². The van der Waals surface area contributed by atoms with Crippen molar-refractivity contribution in [1.82, 2.24) is 5.32 Å². The molecule has 0 spiro atoms. The van der Waals surface area contributed by atoms with Crippen LogP contribution in [0, 0.1) is 6.92 Å². The fraction of sp³-hybridized carbons (Fsp3) is 0.500. The molecule has 2 N–H and O–H groups in total. The molecule has 0 saturated carbocycles. The van der Waals surface area contributed by atoms with Crippen molar-refractivity contribution in [3.63, 3.8) is 0 Å². The number of hydrogen-bond donors (Lipinski definition) is 2. The first-order valence-corrected chi connectivity index (χ1v) is 7.41. The minimum absolute atomic E-state index is 0.100. The molecule has 98 valence electrons. The van der Waals surface area contributed by atoms with Crippen molar-refractivity contribution >= 4 is 17.7 Å². The molecule has 0 bridgehead atoms. The number of benzene rings is 1. The van der Waals surface area contributed by atoms with Gasteiger partial charge >= 0.3 is 0 Å². The normalized spacial score (nSPS) is 19.5. The summed E-state index contributed by atoms with van der Waals surface area (Å²) in [5, 5.41) is 13.1. The molecule has 1 heterocycles. The summed E-state index contributed by atoms with van der Waals surface area (Å²) in [5.41, 5.74) is 1.31. The fourth-order valence-corrected chi connectivity index (χ4v) is 3.27. The van der Waals surface area contributed by atoms with Gasteiger partial charge in [0.05, 0.1) is 0 Å². The highest BCUT2D eigenvalue weighted by Crippen LogP contribution is 2.24. The van der Waals surface area contributed by atoms with Crippen LogP contribution >= 0.6 is 11.8 Å². The van der Waals surface area contributed by atoms with Gasteiger partial charge in [-0.3, -0.25) is 4.79 Å². The molecule has 1 fully saturated rings. The second-order valence-corrected chi connectivity index (χ2v) is 6.11. The van der Waals surface area contributed by atoms with Crippen LogP contribution in [0.1, 0.15) is 35.2 Å². The predicted molar refractivity (Wildman–Crippen MR) is 75.3 cm³/mol. The lowest BCUT2D eigenvalue weighted by atomic mass is 10.1. The highest BCUT2D eigenvalue weighted by Gasteiger charge is 2.15. The van der Waals surface area contributed by atoms with E-state index in [1.807, 2.05) is 18.7 Å². The summed E-state index contributed by atoms with van der Waals surface area (Å²) in [6.07, 6.45) is 3.74. The first-order chi connectivity index (χ1) is 8.66. The van der Waals surface area contributed by atoms with Gasteiger partial charge in [-0.05, 0) is 43.2 Å². The quantitative estimate of drug-likeness (QED) is 0.883. The smallest absolute Gasteiger partial charge is 0.251 e. The number of aryl methyl sites for hydroxylation is 1. The summed E-state index contributed by atoms with van der Waals surface area (Å²) in [4.78, 5) is 11.9. The van der Waals surface area contributed by atoms with Crippen LogP contribution in [-0.4, -0.2) is 28.6 Å². The van der Waals surface area contributed by atoms with E-state index >= 15 is 0 Å². The monoisotopic (exact) mass is 265 g/mol. The van der Waals surface area contributed by atoms with Gasteiger partial charge in [0.15, 0.2) is 0 Å². The van der Waals surface area contributed by atoms with Gasteiger partial charge in [-0.25, -0.2) is 0 Å². The van der Waals surface area contributed by atoms with E-state index in [4.69, 9.17) is 0 Å². The van der Waals surface area contributed by atoms with Crippen LogP contribution in [0.4, 0.5) is 0 Å². The van der Waals surface area contributed by atoms with Gasteiger partial charge in [-0.15, -0.1) is 0 Å². The van der Waals surface area contributed by atoms with Crippen molar-refractivity contribution in [3.8, 4) is 5.75 Å². The molecule has 0 radical (unpaired) electrons.